The number of primary amides is 1. The van der Waals surface area contributed by atoms with Gasteiger partial charge < -0.3 is 74.1 Å². The highest BCUT2D eigenvalue weighted by Gasteiger charge is 2.42. The second-order valence-electron chi connectivity index (χ2n) is 40.0. The molecule has 0 bridgehead atoms. The fourth-order valence-electron chi connectivity index (χ4n) is 16.5. The first kappa shape index (κ1) is 127. The Labute approximate surface area is 877 Å². The Hall–Kier alpha value is -10.4. The van der Waals surface area contributed by atoms with Crippen molar-refractivity contribution < 1.29 is 101 Å². The van der Waals surface area contributed by atoms with Crippen LogP contribution in [-0.4, -0.2) is 284 Å². The van der Waals surface area contributed by atoms with Crippen molar-refractivity contribution >= 4 is 142 Å². The fraction of sp³-hybridized carbons (Fsp3) is 0.613. The number of allylic oxidation sites excluding steroid dienone is 2. The number of ketones is 13. The van der Waals surface area contributed by atoms with Gasteiger partial charge in [0.2, 0.25) is 44.9 Å². The summed E-state index contributed by atoms with van der Waals surface area (Å²) in [6.45, 7) is 23.4. The summed E-state index contributed by atoms with van der Waals surface area (Å²) >= 11 is 1.68. The lowest BCUT2D eigenvalue weighted by Gasteiger charge is -2.33. The number of Topliss-reactive ketones (excluding diaryl/α,β-unsaturated/α-hetero) is 13. The molecule has 0 spiro atoms. The number of carbonyl (C=O) groups is 19. The Morgan fingerprint density at radius 3 is 1.66 bits per heavy atom. The van der Waals surface area contributed by atoms with Crippen molar-refractivity contribution in [2.24, 2.45) is 17.6 Å². The molecule has 0 saturated carbocycles. The molecule has 17 atom stereocenters. The number of aromatic nitrogens is 1. The second-order valence-corrected chi connectivity index (χ2v) is 41.2. The number of rotatable bonds is 52. The standard InChI is InChI=1S/C106H162IN19O21/c1-63(2)50-84(119-73(13)128)103(146)121-99(72(12)127)101(144)100(143)82(52-74-30-24-23-25-31-74)125-126-106(15)46-29-22-20-18-16-17-19-21-28-45-105(14,95(139)59-114-68(8)89(133)43-48-111-66(6)87(131)40-39-86(130)65(5)110-47-42-88(132)67(7)112-49-44-90(134)69(9)118-62-109-61-97(107)141)122-104(147)85(51-64(3)4)124-123-80(38-41-98(108)142)94(138)58-113-70(10)91(135)55-92(136)81(54-76-56-116-79-33-27-26-32-78(76)79)120-102(145)83(53-75-34-36-77(129)37-35-75)117-57-93(137)71(11)115-60-96(106)140/h17,19,23-27,30-37,56,63-72,80-85,99,109-118,123-127,129H,16,18,20-22,28-29,38-55,57-62H2,1-15H3,(H2,108,142)(H,119,128)(H,120,145)(H,121,146)(H,122,147)/b19-17+/t65-,66-,67-,68-,69-,70-,71-,72+,80-,81-,82-,83-,84-,85-,99-,105-,106+/m0/s1. The average Bonchev–Trinajstić information content (AvgIpc) is 1.53. The van der Waals surface area contributed by atoms with Crippen LogP contribution in [0, 0.1) is 11.8 Å². The van der Waals surface area contributed by atoms with E-state index in [9.17, 15) is 91.7 Å². The number of aliphatic hydroxyl groups excluding tert-OH is 1. The number of aliphatic hydroxyl groups is 1. The number of nitrogens with two attached hydrogens (primary N) is 1. The van der Waals surface area contributed by atoms with Crippen LogP contribution in [0.4, 0.5) is 0 Å². The molecule has 0 radical (unpaired) electrons. The van der Waals surface area contributed by atoms with Crippen LogP contribution in [0.15, 0.2) is 97.2 Å². The number of fused-ring (bicyclic) bond motifs is 1. The van der Waals surface area contributed by atoms with Crippen LogP contribution < -0.4 is 96.6 Å². The molecular formula is C106H162IN19O21. The zero-order chi connectivity index (χ0) is 109. The molecule has 40 nitrogen and oxygen atoms in total. The maximum absolute atomic E-state index is 15.1. The lowest BCUT2D eigenvalue weighted by molar-refractivity contribution is -0.142. The van der Waals surface area contributed by atoms with Crippen molar-refractivity contribution in [3.05, 3.63) is 114 Å². The number of hydrogen-bond donors (Lipinski definition) is 21. The number of hydrogen-bond acceptors (Lipinski definition) is 34. The Morgan fingerprint density at radius 2 is 1.07 bits per heavy atom. The summed E-state index contributed by atoms with van der Waals surface area (Å²) in [7, 11) is 0. The first-order valence-electron chi connectivity index (χ1n) is 51.4. The number of H-pyrrole nitrogens is 1. The maximum Gasteiger partial charge on any atom is 0.243 e. The zero-order valence-corrected chi connectivity index (χ0v) is 90.2. The molecule has 814 valence electrons. The molecule has 3 aromatic carbocycles. The van der Waals surface area contributed by atoms with Gasteiger partial charge in [-0.15, -0.1) is 0 Å². The monoisotopic (exact) mass is 2160 g/mol. The van der Waals surface area contributed by atoms with E-state index in [4.69, 9.17) is 5.73 Å². The summed E-state index contributed by atoms with van der Waals surface area (Å²) in [6.07, 6.45) is 6.74. The smallest absolute Gasteiger partial charge is 0.243 e. The van der Waals surface area contributed by atoms with Gasteiger partial charge in [0, 0.05) is 118 Å². The third-order valence-corrected chi connectivity index (χ3v) is 26.7. The van der Waals surface area contributed by atoms with Gasteiger partial charge >= 0.3 is 0 Å². The molecule has 1 aromatic heterocycles. The zero-order valence-electron chi connectivity index (χ0n) is 88.1. The number of para-hydroxylation sites is 1. The Morgan fingerprint density at radius 1 is 0.524 bits per heavy atom. The van der Waals surface area contributed by atoms with Crippen molar-refractivity contribution in [2.75, 3.05) is 59.0 Å². The van der Waals surface area contributed by atoms with Gasteiger partial charge in [0.1, 0.15) is 35.4 Å². The number of phenolic OH excluding ortho intramolecular Hbond substituents is 1. The number of aromatic amines is 1. The van der Waals surface area contributed by atoms with Gasteiger partial charge in [0.05, 0.1) is 123 Å². The second kappa shape index (κ2) is 66.3. The highest BCUT2D eigenvalue weighted by molar-refractivity contribution is 14.1. The van der Waals surface area contributed by atoms with E-state index in [1.165, 1.54) is 39.8 Å². The lowest BCUT2D eigenvalue weighted by atomic mass is 9.88. The van der Waals surface area contributed by atoms with Crippen molar-refractivity contribution in [1.82, 2.24) is 95.8 Å². The summed E-state index contributed by atoms with van der Waals surface area (Å²) in [4.78, 5) is 266. The number of hydrazine groups is 2. The van der Waals surface area contributed by atoms with Gasteiger partial charge in [-0.25, -0.2) is 21.7 Å². The molecule has 5 rings (SSSR count). The molecule has 41 heteroatoms. The normalized spacial score (nSPS) is 21.9. The summed E-state index contributed by atoms with van der Waals surface area (Å²) in [5.74, 6) is -10.6. The van der Waals surface area contributed by atoms with E-state index in [2.05, 4.69) is 95.8 Å². The number of amides is 5. The van der Waals surface area contributed by atoms with Gasteiger partial charge in [-0.2, -0.15) is 0 Å². The third-order valence-electron chi connectivity index (χ3n) is 26.3. The molecule has 4 aromatic rings. The first-order valence-corrected chi connectivity index (χ1v) is 52.5. The van der Waals surface area contributed by atoms with Crippen LogP contribution in [0.2, 0.25) is 0 Å². The number of nitrogens with one attached hydrogen (secondary N) is 18. The molecule has 1 aliphatic heterocycles. The quantitative estimate of drug-likeness (QED) is 0.00441. The maximum atomic E-state index is 15.1. The molecule has 1 aliphatic rings. The van der Waals surface area contributed by atoms with Gasteiger partial charge in [-0.1, -0.05) is 120 Å². The Kier molecular flexibility index (Phi) is 57.3. The summed E-state index contributed by atoms with van der Waals surface area (Å²) in [5.41, 5.74) is 17.0. The summed E-state index contributed by atoms with van der Waals surface area (Å²) in [5, 5.41) is 60.2. The number of halogens is 1. The minimum atomic E-state index is -1.77. The molecule has 2 heterocycles. The molecule has 147 heavy (non-hydrogen) atoms. The van der Waals surface area contributed by atoms with Crippen LogP contribution >= 0.6 is 22.6 Å². The lowest BCUT2D eigenvalue weighted by Crippen LogP contribution is -2.64. The largest absolute Gasteiger partial charge is 0.508 e. The molecule has 0 unspecified atom stereocenters. The van der Waals surface area contributed by atoms with Crippen LogP contribution in [-0.2, 0) is 110 Å². The minimum Gasteiger partial charge on any atom is -0.508 e. The van der Waals surface area contributed by atoms with E-state index in [0.717, 1.165) is 0 Å². The first-order chi connectivity index (χ1) is 69.5. The van der Waals surface area contributed by atoms with Crippen molar-refractivity contribution in [3.8, 4) is 5.75 Å². The van der Waals surface area contributed by atoms with Gasteiger partial charge in [-0.3, -0.25) is 107 Å². The van der Waals surface area contributed by atoms with Crippen molar-refractivity contribution in [1.29, 1.82) is 0 Å². The van der Waals surface area contributed by atoms with Crippen molar-refractivity contribution in [3.63, 3.8) is 0 Å². The topological polar surface area (TPSA) is 611 Å². The predicted octanol–water partition coefficient (Wildman–Crippen LogP) is 3.18. The van der Waals surface area contributed by atoms with Gasteiger partial charge in [-0.05, 0) is 187 Å². The highest BCUT2D eigenvalue weighted by Crippen LogP contribution is 2.25. The minimum absolute atomic E-state index is 0.0582. The van der Waals surface area contributed by atoms with Crippen molar-refractivity contribution in [2.45, 2.75) is 347 Å². The molecule has 0 saturated heterocycles. The number of aromatic hydroxyl groups is 1. The molecule has 22 N–H and O–H groups in total. The summed E-state index contributed by atoms with van der Waals surface area (Å²) in [6, 6.07) is 6.95. The fourth-order valence-corrected chi connectivity index (χ4v) is 16.8. The third kappa shape index (κ3) is 47.2. The summed E-state index contributed by atoms with van der Waals surface area (Å²) < 4.78 is -0.0582. The number of carbonyl (C=O) groups excluding carboxylic acids is 19. The molecule has 5 amide bonds. The van der Waals surface area contributed by atoms with Crippen LogP contribution in [0.1, 0.15) is 243 Å². The predicted molar refractivity (Wildman–Crippen MR) is 568 cm³/mol. The van der Waals surface area contributed by atoms with E-state index in [0.29, 0.717) is 72.5 Å². The van der Waals surface area contributed by atoms with Crippen LogP contribution in [0.25, 0.3) is 10.9 Å². The molecule has 0 aliphatic carbocycles. The van der Waals surface area contributed by atoms with Crippen LogP contribution in [0.5, 0.6) is 5.75 Å². The molecular weight excluding hydrogens is 2000 g/mol. The average molecular weight is 2170 g/mol. The molecule has 0 fully saturated rings. The van der Waals surface area contributed by atoms with Crippen LogP contribution in [0.3, 0.4) is 0 Å². The number of phenols is 1. The SMILES string of the molecule is CC(=O)N[C@@H](CC(C)C)C(=O)N[C@H](C(=O)C(=O)[C@H](Cc1ccccc1)NN[C@]1(C)CCCCCC/C=C/CCC[C@@](C)(C(=O)CN[C@@H](C)C(=O)CCN[C@@H](C)C(=O)CCC(=O)[C@H](C)NCCC(=O)[C@H](C)NCCC(=O)[C@H](C)NCNCC(=O)I)NC(=O)[C@H](CC(C)C)NN[C@@H](CCC(N)=O)C(=O)CN[C@@H](C)C(=O)CC(=O)[C@H](Cc2c[nH]c3ccccc23)NC(=O)[C@H](Cc2ccc(O)cc2)NCC(=O)[C@H](C)NCC1=O)[C@@H](C)O. The Balaban J connectivity index is 1.41. The Bertz CT molecular complexity index is 5060. The van der Waals surface area contributed by atoms with Gasteiger partial charge in [0.25, 0.3) is 0 Å². The highest BCUT2D eigenvalue weighted by atomic mass is 127. The van der Waals surface area contributed by atoms with E-state index in [-0.39, 0.29) is 180 Å². The van der Waals surface area contributed by atoms with E-state index in [1.807, 2.05) is 58.0 Å². The number of benzene rings is 3. The van der Waals surface area contributed by atoms with E-state index >= 15 is 9.59 Å². The van der Waals surface area contributed by atoms with E-state index < -0.39 is 204 Å². The van der Waals surface area contributed by atoms with Gasteiger partial charge in [0.15, 0.2) is 52.0 Å². The van der Waals surface area contributed by atoms with E-state index in [1.54, 1.807) is 126 Å².